The molecule has 0 atom stereocenters. The zero-order chi connectivity index (χ0) is 14.6. The standard InChI is InChI=1S/C17H18N2O2/c1-10-4-5-11-12-6-7-13-17(21-9-8-19(13)2)15(12)18-14(11)16(10)20-3/h4-7,18H,8-9H2,1-3H3. The number of anilines is 1. The molecule has 0 bridgehead atoms. The highest BCUT2D eigenvalue weighted by molar-refractivity contribution is 6.12. The van der Waals surface area contributed by atoms with Gasteiger partial charge < -0.3 is 19.4 Å². The summed E-state index contributed by atoms with van der Waals surface area (Å²) in [6, 6.07) is 8.54. The van der Waals surface area contributed by atoms with Crippen molar-refractivity contribution in [2.24, 2.45) is 0 Å². The number of likely N-dealkylation sites (N-methyl/N-ethyl adjacent to an activating group) is 1. The van der Waals surface area contributed by atoms with Gasteiger partial charge in [-0.3, -0.25) is 0 Å². The van der Waals surface area contributed by atoms with Crippen LogP contribution in [0.4, 0.5) is 5.69 Å². The zero-order valence-electron chi connectivity index (χ0n) is 12.5. The van der Waals surface area contributed by atoms with E-state index in [1.165, 1.54) is 10.8 Å². The first-order chi connectivity index (χ1) is 10.2. The Morgan fingerprint density at radius 2 is 1.90 bits per heavy atom. The molecule has 1 aliphatic rings. The lowest BCUT2D eigenvalue weighted by Gasteiger charge is -2.27. The topological polar surface area (TPSA) is 37.5 Å². The molecule has 0 spiro atoms. The summed E-state index contributed by atoms with van der Waals surface area (Å²) in [5.74, 6) is 1.85. The Labute approximate surface area is 123 Å². The van der Waals surface area contributed by atoms with Crippen LogP contribution in [-0.2, 0) is 0 Å². The fraction of sp³-hybridized carbons (Fsp3) is 0.294. The second-order valence-electron chi connectivity index (χ2n) is 5.57. The summed E-state index contributed by atoms with van der Waals surface area (Å²) >= 11 is 0. The Morgan fingerprint density at radius 3 is 2.71 bits per heavy atom. The first kappa shape index (κ1) is 12.4. The average molecular weight is 282 g/mol. The number of hydrogen-bond donors (Lipinski definition) is 1. The van der Waals surface area contributed by atoms with E-state index in [0.717, 1.165) is 40.3 Å². The summed E-state index contributed by atoms with van der Waals surface area (Å²) in [7, 11) is 3.81. The predicted molar refractivity (Wildman–Crippen MR) is 85.9 cm³/mol. The molecule has 2 aromatic carbocycles. The molecule has 4 nitrogen and oxygen atoms in total. The fourth-order valence-electron chi connectivity index (χ4n) is 3.20. The predicted octanol–water partition coefficient (Wildman–Crippen LogP) is 3.47. The molecule has 21 heavy (non-hydrogen) atoms. The molecule has 2 heterocycles. The monoisotopic (exact) mass is 282 g/mol. The van der Waals surface area contributed by atoms with Crippen LogP contribution in [-0.4, -0.2) is 32.3 Å². The van der Waals surface area contributed by atoms with E-state index >= 15 is 0 Å². The van der Waals surface area contributed by atoms with Crippen LogP contribution in [0.15, 0.2) is 24.3 Å². The van der Waals surface area contributed by atoms with Crippen molar-refractivity contribution in [2.45, 2.75) is 6.92 Å². The molecular weight excluding hydrogens is 264 g/mol. The number of nitrogens with zero attached hydrogens (tertiary/aromatic N) is 1. The van der Waals surface area contributed by atoms with Gasteiger partial charge in [0.2, 0.25) is 0 Å². The van der Waals surface area contributed by atoms with Crippen molar-refractivity contribution >= 4 is 27.5 Å². The highest BCUT2D eigenvalue weighted by Crippen LogP contribution is 2.42. The van der Waals surface area contributed by atoms with E-state index in [-0.39, 0.29) is 0 Å². The molecule has 1 aromatic heterocycles. The van der Waals surface area contributed by atoms with Crippen molar-refractivity contribution < 1.29 is 9.47 Å². The van der Waals surface area contributed by atoms with Crippen LogP contribution in [0.5, 0.6) is 11.5 Å². The van der Waals surface area contributed by atoms with Gasteiger partial charge in [0.05, 0.1) is 30.4 Å². The van der Waals surface area contributed by atoms with Crippen molar-refractivity contribution in [3.05, 3.63) is 29.8 Å². The number of ether oxygens (including phenoxy) is 2. The number of aromatic amines is 1. The highest BCUT2D eigenvalue weighted by atomic mass is 16.5. The van der Waals surface area contributed by atoms with Crippen LogP contribution in [0, 0.1) is 6.92 Å². The lowest BCUT2D eigenvalue weighted by Crippen LogP contribution is -2.28. The minimum Gasteiger partial charge on any atom is -0.494 e. The third-order valence-electron chi connectivity index (χ3n) is 4.32. The Hall–Kier alpha value is -2.36. The van der Waals surface area contributed by atoms with Crippen molar-refractivity contribution in [3.63, 3.8) is 0 Å². The van der Waals surface area contributed by atoms with Crippen LogP contribution in [0.3, 0.4) is 0 Å². The molecule has 1 N–H and O–H groups in total. The molecule has 0 radical (unpaired) electrons. The Morgan fingerprint density at radius 1 is 1.14 bits per heavy atom. The molecule has 4 rings (SSSR count). The lowest BCUT2D eigenvalue weighted by atomic mass is 10.1. The molecule has 0 aliphatic carbocycles. The number of nitrogens with one attached hydrogen (secondary N) is 1. The quantitative estimate of drug-likeness (QED) is 0.742. The summed E-state index contributed by atoms with van der Waals surface area (Å²) in [5, 5.41) is 2.35. The number of hydrogen-bond acceptors (Lipinski definition) is 3. The minimum atomic E-state index is 0.716. The normalized spacial score (nSPS) is 14.3. The molecule has 0 saturated carbocycles. The Kier molecular flexibility index (Phi) is 2.55. The van der Waals surface area contributed by atoms with E-state index in [1.807, 2.05) is 0 Å². The first-order valence-corrected chi connectivity index (χ1v) is 7.16. The molecular formula is C17H18N2O2. The summed E-state index contributed by atoms with van der Waals surface area (Å²) in [6.07, 6.45) is 0. The second-order valence-corrected chi connectivity index (χ2v) is 5.57. The number of benzene rings is 2. The zero-order valence-corrected chi connectivity index (χ0v) is 12.5. The molecule has 0 unspecified atom stereocenters. The largest absolute Gasteiger partial charge is 0.494 e. The maximum atomic E-state index is 5.93. The van der Waals surface area contributed by atoms with Gasteiger partial charge in [0.15, 0.2) is 5.75 Å². The minimum absolute atomic E-state index is 0.716. The highest BCUT2D eigenvalue weighted by Gasteiger charge is 2.21. The van der Waals surface area contributed by atoms with Crippen molar-refractivity contribution in [1.29, 1.82) is 0 Å². The second kappa shape index (κ2) is 4.32. The molecule has 4 heteroatoms. The number of rotatable bonds is 1. The smallest absolute Gasteiger partial charge is 0.166 e. The molecule has 108 valence electrons. The molecule has 0 fully saturated rings. The number of aromatic nitrogens is 1. The SMILES string of the molecule is COc1c(C)ccc2c1[nH]c1c3c(ccc12)N(C)CCO3. The number of fused-ring (bicyclic) bond motifs is 5. The third kappa shape index (κ3) is 1.62. The van der Waals surface area contributed by atoms with E-state index in [9.17, 15) is 0 Å². The van der Waals surface area contributed by atoms with Crippen molar-refractivity contribution in [3.8, 4) is 11.5 Å². The summed E-state index contributed by atoms with van der Waals surface area (Å²) < 4.78 is 11.5. The van der Waals surface area contributed by atoms with Gasteiger partial charge >= 0.3 is 0 Å². The van der Waals surface area contributed by atoms with Crippen LogP contribution < -0.4 is 14.4 Å². The fourth-order valence-corrected chi connectivity index (χ4v) is 3.20. The van der Waals surface area contributed by atoms with Crippen molar-refractivity contribution in [2.75, 3.05) is 32.2 Å². The van der Waals surface area contributed by atoms with E-state index in [2.05, 4.69) is 48.1 Å². The third-order valence-corrected chi connectivity index (χ3v) is 4.32. The van der Waals surface area contributed by atoms with Crippen LogP contribution in [0.25, 0.3) is 21.8 Å². The van der Waals surface area contributed by atoms with Gasteiger partial charge in [-0.15, -0.1) is 0 Å². The summed E-state index contributed by atoms with van der Waals surface area (Å²) in [6.45, 7) is 3.69. The van der Waals surface area contributed by atoms with E-state index < -0.39 is 0 Å². The van der Waals surface area contributed by atoms with Gasteiger partial charge in [0.1, 0.15) is 12.4 Å². The summed E-state index contributed by atoms with van der Waals surface area (Å²) in [5.41, 5.74) is 4.36. The van der Waals surface area contributed by atoms with E-state index in [4.69, 9.17) is 9.47 Å². The maximum absolute atomic E-state index is 5.93. The summed E-state index contributed by atoms with van der Waals surface area (Å²) in [4.78, 5) is 5.74. The van der Waals surface area contributed by atoms with Gasteiger partial charge in [-0.2, -0.15) is 0 Å². The van der Waals surface area contributed by atoms with Crippen LogP contribution in [0.1, 0.15) is 5.56 Å². The molecule has 1 aliphatic heterocycles. The van der Waals surface area contributed by atoms with Gasteiger partial charge in [0, 0.05) is 17.8 Å². The van der Waals surface area contributed by atoms with Gasteiger partial charge in [-0.1, -0.05) is 12.1 Å². The van der Waals surface area contributed by atoms with Crippen molar-refractivity contribution in [1.82, 2.24) is 4.98 Å². The maximum Gasteiger partial charge on any atom is 0.166 e. The first-order valence-electron chi connectivity index (χ1n) is 7.16. The van der Waals surface area contributed by atoms with Gasteiger partial charge in [-0.25, -0.2) is 0 Å². The van der Waals surface area contributed by atoms with Crippen LogP contribution in [0.2, 0.25) is 0 Å². The van der Waals surface area contributed by atoms with Gasteiger partial charge in [0.25, 0.3) is 0 Å². The number of aryl methyl sites for hydroxylation is 1. The molecule has 0 saturated heterocycles. The van der Waals surface area contributed by atoms with Crippen LogP contribution >= 0.6 is 0 Å². The van der Waals surface area contributed by atoms with E-state index in [1.54, 1.807) is 7.11 Å². The average Bonchev–Trinajstić information content (AvgIpc) is 2.86. The number of H-pyrrole nitrogens is 1. The number of methoxy groups -OCH3 is 1. The Bertz CT molecular complexity index is 851. The molecule has 0 amide bonds. The molecule has 3 aromatic rings. The Balaban J connectivity index is 2.12. The van der Waals surface area contributed by atoms with Gasteiger partial charge in [-0.05, 0) is 24.6 Å². The lowest BCUT2D eigenvalue weighted by molar-refractivity contribution is 0.314. The van der Waals surface area contributed by atoms with E-state index in [0.29, 0.717) is 6.61 Å².